The summed E-state index contributed by atoms with van der Waals surface area (Å²) in [4.78, 5) is 9.59. The number of aromatic nitrogens is 3. The fourth-order valence-electron chi connectivity index (χ4n) is 2.79. The van der Waals surface area contributed by atoms with E-state index in [-0.39, 0.29) is 6.61 Å². The molecule has 0 radical (unpaired) electrons. The van der Waals surface area contributed by atoms with Crippen LogP contribution in [0.1, 0.15) is 11.1 Å². The van der Waals surface area contributed by atoms with E-state index >= 15 is 0 Å². The zero-order valence-electron chi connectivity index (χ0n) is 16.4. The highest BCUT2D eigenvalue weighted by Gasteiger charge is 2.09. The number of nitrogens with zero attached hydrogens (tertiary/aromatic N) is 4. The topological polar surface area (TPSA) is 61.5 Å². The van der Waals surface area contributed by atoms with Crippen LogP contribution in [-0.2, 0) is 18.0 Å². The predicted octanol–water partition coefficient (Wildman–Crippen LogP) is 6.00. The van der Waals surface area contributed by atoms with Gasteiger partial charge >= 0.3 is 0 Å². The molecule has 0 saturated heterocycles. The van der Waals surface area contributed by atoms with Crippen molar-refractivity contribution in [1.29, 1.82) is 0 Å². The van der Waals surface area contributed by atoms with E-state index in [1.807, 2.05) is 60.7 Å². The van der Waals surface area contributed by atoms with Crippen molar-refractivity contribution in [3.63, 3.8) is 0 Å². The lowest BCUT2D eigenvalue weighted by atomic mass is 10.1. The maximum absolute atomic E-state index is 6.19. The molecule has 6 nitrogen and oxygen atoms in total. The van der Waals surface area contributed by atoms with Gasteiger partial charge in [-0.2, -0.15) is 5.10 Å². The van der Waals surface area contributed by atoms with Crippen LogP contribution < -0.4 is 4.74 Å². The molecule has 0 saturated carbocycles. The van der Waals surface area contributed by atoms with Crippen LogP contribution in [0, 0.1) is 0 Å². The largest absolute Gasteiger partial charge is 0.457 e. The van der Waals surface area contributed by atoms with Gasteiger partial charge in [-0.05, 0) is 54.6 Å². The molecule has 0 atom stereocenters. The Kier molecular flexibility index (Phi) is 6.82. The highest BCUT2D eigenvalue weighted by molar-refractivity contribution is 6.31. The fraction of sp³-hybridized carbons (Fsp3) is 0.0870. The molecule has 1 heterocycles. The number of rotatable bonds is 8. The quantitative estimate of drug-likeness (QED) is 0.243. The number of hydrogen-bond acceptors (Lipinski definition) is 5. The van der Waals surface area contributed by atoms with Gasteiger partial charge in [-0.1, -0.05) is 46.6 Å². The summed E-state index contributed by atoms with van der Waals surface area (Å²) in [5.41, 5.74) is 2.42. The lowest BCUT2D eigenvalue weighted by molar-refractivity contribution is 0.130. The minimum absolute atomic E-state index is 0.262. The molecular weight excluding hydrogens is 435 g/mol. The Hall–Kier alpha value is -3.35. The summed E-state index contributed by atoms with van der Waals surface area (Å²) < 4.78 is 7.53. The van der Waals surface area contributed by atoms with Gasteiger partial charge in [-0.3, -0.25) is 0 Å². The Labute approximate surface area is 189 Å². The highest BCUT2D eigenvalue weighted by atomic mass is 35.5. The number of benzene rings is 3. The van der Waals surface area contributed by atoms with Gasteiger partial charge in [-0.25, -0.2) is 9.67 Å². The molecule has 0 unspecified atom stereocenters. The van der Waals surface area contributed by atoms with Crippen molar-refractivity contribution < 1.29 is 9.57 Å². The van der Waals surface area contributed by atoms with Crippen molar-refractivity contribution in [2.45, 2.75) is 13.2 Å². The molecule has 8 heteroatoms. The van der Waals surface area contributed by atoms with Crippen LogP contribution in [0.3, 0.4) is 0 Å². The summed E-state index contributed by atoms with van der Waals surface area (Å²) in [7, 11) is 0. The monoisotopic (exact) mass is 452 g/mol. The van der Waals surface area contributed by atoms with Crippen LogP contribution in [0.25, 0.3) is 0 Å². The number of ether oxygens (including phenoxy) is 1. The molecule has 0 aliphatic heterocycles. The molecule has 4 rings (SSSR count). The second-order valence-electron chi connectivity index (χ2n) is 6.58. The maximum Gasteiger partial charge on any atom is 0.143 e. The third kappa shape index (κ3) is 5.84. The van der Waals surface area contributed by atoms with E-state index in [4.69, 9.17) is 32.8 Å². The summed E-state index contributed by atoms with van der Waals surface area (Å²) in [6.45, 7) is 0.665. The van der Waals surface area contributed by atoms with E-state index in [1.165, 1.54) is 6.33 Å². The average Bonchev–Trinajstić information content (AvgIpc) is 3.30. The van der Waals surface area contributed by atoms with Gasteiger partial charge in [0, 0.05) is 21.2 Å². The smallest absolute Gasteiger partial charge is 0.143 e. The summed E-state index contributed by atoms with van der Waals surface area (Å²) in [6.07, 6.45) is 3.10. The van der Waals surface area contributed by atoms with E-state index in [0.29, 0.717) is 33.8 Å². The minimum Gasteiger partial charge on any atom is -0.457 e. The number of halogens is 2. The molecule has 0 bridgehead atoms. The number of oxime groups is 1. The molecule has 0 spiro atoms. The van der Waals surface area contributed by atoms with Crippen LogP contribution in [0.4, 0.5) is 0 Å². The summed E-state index contributed by atoms with van der Waals surface area (Å²) in [6, 6.07) is 22.3. The van der Waals surface area contributed by atoms with Crippen LogP contribution >= 0.6 is 23.2 Å². The molecule has 4 aromatic rings. The van der Waals surface area contributed by atoms with Crippen molar-refractivity contribution in [1.82, 2.24) is 14.8 Å². The SMILES string of the molecule is Clc1ccc(Oc2ccc(C(Cn3cncn3)=NOCc3ccccc3Cl)cc2)cc1. The second kappa shape index (κ2) is 10.1. The summed E-state index contributed by atoms with van der Waals surface area (Å²) in [5.74, 6) is 1.40. The molecular formula is C23H18Cl2N4O2. The van der Waals surface area contributed by atoms with E-state index < -0.39 is 0 Å². The lowest BCUT2D eigenvalue weighted by Crippen LogP contribution is -2.13. The van der Waals surface area contributed by atoms with Gasteiger partial charge in [0.25, 0.3) is 0 Å². The predicted molar refractivity (Wildman–Crippen MR) is 121 cm³/mol. The average molecular weight is 453 g/mol. The molecule has 0 aliphatic carbocycles. The standard InChI is InChI=1S/C23H18Cl2N4O2/c24-19-7-11-21(12-8-19)31-20-9-5-17(6-10-20)23(13-29-16-26-15-27-29)28-30-14-18-3-1-2-4-22(18)25/h1-12,15-16H,13-14H2. The Morgan fingerprint density at radius 1 is 0.903 bits per heavy atom. The maximum atomic E-state index is 6.19. The number of hydrogen-bond donors (Lipinski definition) is 0. The zero-order valence-corrected chi connectivity index (χ0v) is 17.9. The molecule has 0 N–H and O–H groups in total. The van der Waals surface area contributed by atoms with Gasteiger partial charge < -0.3 is 9.57 Å². The molecule has 156 valence electrons. The summed E-state index contributed by atoms with van der Waals surface area (Å²) >= 11 is 12.1. The lowest BCUT2D eigenvalue weighted by Gasteiger charge is -2.10. The van der Waals surface area contributed by atoms with Crippen LogP contribution in [0.15, 0.2) is 90.6 Å². The first-order chi connectivity index (χ1) is 15.2. The van der Waals surface area contributed by atoms with Crippen LogP contribution in [-0.4, -0.2) is 20.5 Å². The van der Waals surface area contributed by atoms with Gasteiger partial charge in [0.15, 0.2) is 0 Å². The van der Waals surface area contributed by atoms with Crippen molar-refractivity contribution >= 4 is 28.9 Å². The van der Waals surface area contributed by atoms with Gasteiger partial charge in [0.1, 0.15) is 36.5 Å². The fourth-order valence-corrected chi connectivity index (χ4v) is 3.11. The Morgan fingerprint density at radius 3 is 2.29 bits per heavy atom. The first kappa shape index (κ1) is 20.9. The minimum atomic E-state index is 0.262. The highest BCUT2D eigenvalue weighted by Crippen LogP contribution is 2.24. The third-order valence-corrected chi connectivity index (χ3v) is 4.99. The van der Waals surface area contributed by atoms with Crippen LogP contribution in [0.2, 0.25) is 10.0 Å². The van der Waals surface area contributed by atoms with E-state index in [2.05, 4.69) is 15.2 Å². The van der Waals surface area contributed by atoms with E-state index in [9.17, 15) is 0 Å². The molecule has 0 amide bonds. The van der Waals surface area contributed by atoms with Crippen molar-refractivity contribution in [3.8, 4) is 11.5 Å². The van der Waals surface area contributed by atoms with Crippen molar-refractivity contribution in [2.75, 3.05) is 0 Å². The summed E-state index contributed by atoms with van der Waals surface area (Å²) in [5, 5.41) is 9.80. The normalized spacial score (nSPS) is 11.4. The van der Waals surface area contributed by atoms with Crippen molar-refractivity contribution in [2.24, 2.45) is 5.16 Å². The van der Waals surface area contributed by atoms with Crippen molar-refractivity contribution in [3.05, 3.63) is 107 Å². The van der Waals surface area contributed by atoms with E-state index in [1.54, 1.807) is 23.1 Å². The molecule has 0 fully saturated rings. The third-order valence-electron chi connectivity index (χ3n) is 4.37. The molecule has 3 aromatic carbocycles. The van der Waals surface area contributed by atoms with Gasteiger partial charge in [0.05, 0.1) is 6.54 Å². The Morgan fingerprint density at radius 2 is 1.61 bits per heavy atom. The zero-order chi connectivity index (χ0) is 21.5. The first-order valence-corrected chi connectivity index (χ1v) is 10.2. The first-order valence-electron chi connectivity index (χ1n) is 9.46. The van der Waals surface area contributed by atoms with Gasteiger partial charge in [-0.15, -0.1) is 0 Å². The molecule has 0 aliphatic rings. The Balaban J connectivity index is 1.50. The molecule has 1 aromatic heterocycles. The van der Waals surface area contributed by atoms with Gasteiger partial charge in [0.2, 0.25) is 0 Å². The molecule has 31 heavy (non-hydrogen) atoms. The Bertz CT molecular complexity index is 1150. The van der Waals surface area contributed by atoms with E-state index in [0.717, 1.165) is 11.1 Å². The van der Waals surface area contributed by atoms with Crippen LogP contribution in [0.5, 0.6) is 11.5 Å². The second-order valence-corrected chi connectivity index (χ2v) is 7.42.